The van der Waals surface area contributed by atoms with E-state index in [4.69, 9.17) is 9.98 Å². The number of pyridine rings is 1. The fraction of sp³-hybridized carbons (Fsp3) is 0.360. The summed E-state index contributed by atoms with van der Waals surface area (Å²) in [7, 11) is 0. The van der Waals surface area contributed by atoms with Crippen molar-refractivity contribution in [2.24, 2.45) is 4.99 Å². The molecule has 0 amide bonds. The van der Waals surface area contributed by atoms with Crippen LogP contribution in [0.4, 0.5) is 5.69 Å². The van der Waals surface area contributed by atoms with Gasteiger partial charge in [-0.2, -0.15) is 0 Å². The summed E-state index contributed by atoms with van der Waals surface area (Å²) < 4.78 is 0. The maximum atomic E-state index is 5.09. The van der Waals surface area contributed by atoms with Crippen LogP contribution in [0, 0.1) is 0 Å². The maximum Gasteiger partial charge on any atom is 0.0849 e. The molecule has 3 heteroatoms. The number of aryl methyl sites for hydroxylation is 1. The van der Waals surface area contributed by atoms with Crippen LogP contribution in [0.1, 0.15) is 75.1 Å². The lowest BCUT2D eigenvalue weighted by molar-refractivity contribution is 0.834. The molecule has 2 nitrogen and oxygen atoms in total. The smallest absolute Gasteiger partial charge is 0.0849 e. The van der Waals surface area contributed by atoms with Crippen molar-refractivity contribution in [3.05, 3.63) is 70.2 Å². The molecule has 0 aliphatic heterocycles. The number of aromatic nitrogens is 1. The molecule has 2 aromatic heterocycles. The van der Waals surface area contributed by atoms with E-state index >= 15 is 0 Å². The zero-order chi connectivity index (χ0) is 20.3. The Morgan fingerprint density at radius 2 is 1.57 bits per heavy atom. The number of hydrogen-bond donors (Lipinski definition) is 0. The van der Waals surface area contributed by atoms with Crippen molar-refractivity contribution < 1.29 is 0 Å². The van der Waals surface area contributed by atoms with Gasteiger partial charge in [0, 0.05) is 4.88 Å². The van der Waals surface area contributed by atoms with Crippen LogP contribution >= 0.6 is 11.3 Å². The van der Waals surface area contributed by atoms with Gasteiger partial charge in [-0.1, -0.05) is 58.9 Å². The largest absolute Gasteiger partial charge is 0.251 e. The second-order valence-electron chi connectivity index (χ2n) is 7.82. The third kappa shape index (κ3) is 4.41. The van der Waals surface area contributed by atoms with Gasteiger partial charge in [-0.25, -0.2) is 4.98 Å². The molecule has 3 rings (SSSR count). The highest BCUT2D eigenvalue weighted by molar-refractivity contribution is 7.15. The zero-order valence-electron chi connectivity index (χ0n) is 17.8. The molecule has 0 saturated carbocycles. The van der Waals surface area contributed by atoms with Crippen LogP contribution in [0.15, 0.2) is 53.5 Å². The molecule has 0 unspecified atom stereocenters. The predicted octanol–water partition coefficient (Wildman–Crippen LogP) is 7.76. The van der Waals surface area contributed by atoms with E-state index in [-0.39, 0.29) is 0 Å². The topological polar surface area (TPSA) is 25.2 Å². The second kappa shape index (κ2) is 8.83. The fourth-order valence-electron chi connectivity index (χ4n) is 3.34. The first kappa shape index (κ1) is 20.5. The van der Waals surface area contributed by atoms with Gasteiger partial charge in [0.2, 0.25) is 0 Å². The van der Waals surface area contributed by atoms with Gasteiger partial charge in [-0.3, -0.25) is 4.99 Å². The van der Waals surface area contributed by atoms with E-state index in [1.165, 1.54) is 20.9 Å². The quantitative estimate of drug-likeness (QED) is 0.395. The molecule has 1 aromatic carbocycles. The molecule has 0 aliphatic carbocycles. The summed E-state index contributed by atoms with van der Waals surface area (Å²) in [6, 6.07) is 17.2. The Kier molecular flexibility index (Phi) is 6.46. The Hall–Kier alpha value is -2.26. The predicted molar refractivity (Wildman–Crippen MR) is 123 cm³/mol. The summed E-state index contributed by atoms with van der Waals surface area (Å²) in [5.74, 6) is 0.867. The number of benzene rings is 1. The average Bonchev–Trinajstić information content (AvgIpc) is 3.17. The first-order chi connectivity index (χ1) is 13.4. The summed E-state index contributed by atoms with van der Waals surface area (Å²) in [4.78, 5) is 12.6. The molecule has 28 heavy (non-hydrogen) atoms. The molecule has 0 atom stereocenters. The number of hydrogen-bond acceptors (Lipinski definition) is 3. The lowest BCUT2D eigenvalue weighted by Crippen LogP contribution is -2.01. The van der Waals surface area contributed by atoms with Crippen molar-refractivity contribution >= 4 is 22.7 Å². The SMILES string of the molecule is CCc1ccc(-c2cccc(/C(C)=N/c3c(C(C)C)cccc3C(C)C)n2)s1. The number of nitrogens with zero attached hydrogens (tertiary/aromatic N) is 2. The summed E-state index contributed by atoms with van der Waals surface area (Å²) in [5, 5.41) is 0. The summed E-state index contributed by atoms with van der Waals surface area (Å²) >= 11 is 1.82. The van der Waals surface area contributed by atoms with E-state index in [2.05, 4.69) is 90.1 Å². The van der Waals surface area contributed by atoms with Crippen LogP contribution in [0.25, 0.3) is 10.6 Å². The van der Waals surface area contributed by atoms with E-state index in [0.717, 1.165) is 29.2 Å². The van der Waals surface area contributed by atoms with Gasteiger partial charge in [-0.05, 0) is 60.6 Å². The Balaban J connectivity index is 2.04. The molecule has 0 fully saturated rings. The molecule has 146 valence electrons. The molecular formula is C25H30N2S. The lowest BCUT2D eigenvalue weighted by Gasteiger charge is -2.17. The van der Waals surface area contributed by atoms with Gasteiger partial charge < -0.3 is 0 Å². The van der Waals surface area contributed by atoms with E-state index < -0.39 is 0 Å². The van der Waals surface area contributed by atoms with Gasteiger partial charge in [0.15, 0.2) is 0 Å². The zero-order valence-corrected chi connectivity index (χ0v) is 18.6. The van der Waals surface area contributed by atoms with Gasteiger partial charge in [-0.15, -0.1) is 11.3 Å². The van der Waals surface area contributed by atoms with Crippen molar-refractivity contribution in [3.8, 4) is 10.6 Å². The van der Waals surface area contributed by atoms with Crippen LogP contribution in [0.2, 0.25) is 0 Å². The summed E-state index contributed by atoms with van der Waals surface area (Å²) in [6.07, 6.45) is 1.06. The van der Waals surface area contributed by atoms with Crippen LogP contribution in [0.5, 0.6) is 0 Å². The average molecular weight is 391 g/mol. The lowest BCUT2D eigenvalue weighted by atomic mass is 9.93. The van der Waals surface area contributed by atoms with E-state index in [1.54, 1.807) is 0 Å². The van der Waals surface area contributed by atoms with E-state index in [9.17, 15) is 0 Å². The normalized spacial score (nSPS) is 12.2. The van der Waals surface area contributed by atoms with Gasteiger partial charge in [0.05, 0.1) is 27.7 Å². The Morgan fingerprint density at radius 3 is 2.14 bits per heavy atom. The molecule has 0 bridgehead atoms. The molecule has 0 aliphatic rings. The van der Waals surface area contributed by atoms with Crippen molar-refractivity contribution in [1.29, 1.82) is 0 Å². The van der Waals surface area contributed by atoms with Crippen molar-refractivity contribution in [3.63, 3.8) is 0 Å². The molecular weight excluding hydrogens is 360 g/mol. The number of thiophene rings is 1. The summed E-state index contributed by atoms with van der Waals surface area (Å²) in [6.45, 7) is 13.2. The first-order valence-corrected chi connectivity index (χ1v) is 11.0. The van der Waals surface area contributed by atoms with Gasteiger partial charge in [0.1, 0.15) is 0 Å². The number of aliphatic imine (C=N–C) groups is 1. The molecule has 0 radical (unpaired) electrons. The minimum Gasteiger partial charge on any atom is -0.251 e. The highest BCUT2D eigenvalue weighted by Crippen LogP contribution is 2.35. The minimum atomic E-state index is 0.433. The fourth-order valence-corrected chi connectivity index (χ4v) is 4.26. The molecule has 0 spiro atoms. The minimum absolute atomic E-state index is 0.433. The second-order valence-corrected chi connectivity index (χ2v) is 8.99. The van der Waals surface area contributed by atoms with Crippen LogP contribution in [-0.2, 0) is 6.42 Å². The number of rotatable bonds is 6. The van der Waals surface area contributed by atoms with E-state index in [1.807, 2.05) is 11.3 Å². The Bertz CT molecular complexity index is 953. The highest BCUT2D eigenvalue weighted by atomic mass is 32.1. The standard InChI is InChI=1S/C25H30N2S/c1-7-19-14-15-24(28-19)23-13-9-12-22(27-23)18(6)26-25-20(16(2)3)10-8-11-21(25)17(4)5/h8-17H,7H2,1-6H3/b26-18+. The monoisotopic (exact) mass is 390 g/mol. The first-order valence-electron chi connectivity index (χ1n) is 10.1. The van der Waals surface area contributed by atoms with Crippen LogP contribution in [-0.4, -0.2) is 10.7 Å². The van der Waals surface area contributed by atoms with Gasteiger partial charge in [0.25, 0.3) is 0 Å². The van der Waals surface area contributed by atoms with Crippen molar-refractivity contribution in [2.45, 2.75) is 59.8 Å². The van der Waals surface area contributed by atoms with Crippen LogP contribution in [0.3, 0.4) is 0 Å². The maximum absolute atomic E-state index is 5.09. The van der Waals surface area contributed by atoms with E-state index in [0.29, 0.717) is 11.8 Å². The molecule has 0 N–H and O–H groups in total. The number of para-hydroxylation sites is 1. The molecule has 3 aromatic rings. The van der Waals surface area contributed by atoms with Crippen molar-refractivity contribution in [1.82, 2.24) is 4.98 Å². The van der Waals surface area contributed by atoms with Crippen LogP contribution < -0.4 is 0 Å². The highest BCUT2D eigenvalue weighted by Gasteiger charge is 2.14. The third-order valence-corrected chi connectivity index (χ3v) is 6.26. The summed E-state index contributed by atoms with van der Waals surface area (Å²) in [5.41, 5.74) is 6.64. The molecule has 0 saturated heterocycles. The molecule has 2 heterocycles. The Labute approximate surface area is 173 Å². The Morgan fingerprint density at radius 1 is 0.929 bits per heavy atom. The third-order valence-electron chi connectivity index (χ3n) is 5.00. The van der Waals surface area contributed by atoms with Gasteiger partial charge >= 0.3 is 0 Å². The van der Waals surface area contributed by atoms with Crippen molar-refractivity contribution in [2.75, 3.05) is 0 Å².